The topological polar surface area (TPSA) is 95.5 Å². The molecule has 0 spiro atoms. The van der Waals surface area contributed by atoms with Crippen LogP contribution in [0, 0.1) is 12.3 Å². The first-order valence-electron chi connectivity index (χ1n) is 6.52. The number of nitrogens with one attached hydrogen (secondary N) is 2. The zero-order chi connectivity index (χ0) is 16.2. The molecular weight excluding hydrogens is 292 g/mol. The second-order valence-electron chi connectivity index (χ2n) is 5.73. The summed E-state index contributed by atoms with van der Waals surface area (Å²) >= 11 is 1.07. The summed E-state index contributed by atoms with van der Waals surface area (Å²) in [4.78, 5) is 34.6. The molecule has 0 saturated heterocycles. The van der Waals surface area contributed by atoms with Crippen molar-refractivity contribution in [3.8, 4) is 0 Å². The average Bonchev–Trinajstić information content (AvgIpc) is 2.69. The molecule has 0 atom stereocenters. The molecule has 116 valence electrons. The maximum absolute atomic E-state index is 11.8. The number of aromatic carboxylic acids is 1. The van der Waals surface area contributed by atoms with E-state index < -0.39 is 11.4 Å². The molecule has 21 heavy (non-hydrogen) atoms. The normalized spacial score (nSPS) is 11.0. The van der Waals surface area contributed by atoms with Gasteiger partial charge in [-0.2, -0.15) is 0 Å². The maximum Gasteiger partial charge on any atom is 0.348 e. The SMILES string of the molecule is Cc1csc(C(=O)O)c1NC(=O)CCNC(=O)C(C)(C)C. The van der Waals surface area contributed by atoms with E-state index in [9.17, 15) is 14.4 Å². The Labute approximate surface area is 127 Å². The van der Waals surface area contributed by atoms with Crippen molar-refractivity contribution >= 4 is 34.8 Å². The molecule has 2 amide bonds. The van der Waals surface area contributed by atoms with Gasteiger partial charge in [-0.1, -0.05) is 20.8 Å². The van der Waals surface area contributed by atoms with Gasteiger partial charge in [-0.25, -0.2) is 4.79 Å². The van der Waals surface area contributed by atoms with Gasteiger partial charge < -0.3 is 15.7 Å². The number of hydrogen-bond acceptors (Lipinski definition) is 4. The highest BCUT2D eigenvalue weighted by Crippen LogP contribution is 2.27. The summed E-state index contributed by atoms with van der Waals surface area (Å²) in [5.74, 6) is -1.52. The molecule has 3 N–H and O–H groups in total. The third-order valence-electron chi connectivity index (χ3n) is 2.75. The number of thiophene rings is 1. The fraction of sp³-hybridized carbons (Fsp3) is 0.500. The smallest absolute Gasteiger partial charge is 0.348 e. The zero-order valence-electron chi connectivity index (χ0n) is 12.6. The predicted octanol–water partition coefficient (Wildman–Crippen LogP) is 2.25. The van der Waals surface area contributed by atoms with Gasteiger partial charge in [0, 0.05) is 18.4 Å². The Kier molecular flexibility index (Phi) is 5.48. The number of anilines is 1. The van der Waals surface area contributed by atoms with Crippen LogP contribution in [0.4, 0.5) is 5.69 Å². The lowest BCUT2D eigenvalue weighted by molar-refractivity contribution is -0.128. The summed E-state index contributed by atoms with van der Waals surface area (Å²) in [6.45, 7) is 7.32. The summed E-state index contributed by atoms with van der Waals surface area (Å²) in [6, 6.07) is 0. The number of amides is 2. The molecule has 1 rings (SSSR count). The van der Waals surface area contributed by atoms with Crippen molar-refractivity contribution < 1.29 is 19.5 Å². The molecule has 7 heteroatoms. The van der Waals surface area contributed by atoms with Crippen molar-refractivity contribution in [2.24, 2.45) is 5.41 Å². The van der Waals surface area contributed by atoms with Crippen LogP contribution >= 0.6 is 11.3 Å². The molecule has 0 aliphatic rings. The van der Waals surface area contributed by atoms with Crippen molar-refractivity contribution in [2.45, 2.75) is 34.1 Å². The van der Waals surface area contributed by atoms with E-state index >= 15 is 0 Å². The number of carbonyl (C=O) groups is 3. The molecule has 6 nitrogen and oxygen atoms in total. The summed E-state index contributed by atoms with van der Waals surface area (Å²) in [7, 11) is 0. The van der Waals surface area contributed by atoms with Crippen LogP contribution in [0.2, 0.25) is 0 Å². The van der Waals surface area contributed by atoms with Crippen LogP contribution in [-0.2, 0) is 9.59 Å². The van der Waals surface area contributed by atoms with Crippen LogP contribution in [0.25, 0.3) is 0 Å². The lowest BCUT2D eigenvalue weighted by atomic mass is 9.96. The van der Waals surface area contributed by atoms with E-state index in [0.717, 1.165) is 11.3 Å². The Bertz CT molecular complexity index is 558. The molecule has 1 heterocycles. The highest BCUT2D eigenvalue weighted by Gasteiger charge is 2.21. The number of carboxylic acids is 1. The van der Waals surface area contributed by atoms with Gasteiger partial charge in [0.2, 0.25) is 11.8 Å². The number of rotatable bonds is 5. The molecule has 1 aromatic heterocycles. The lowest BCUT2D eigenvalue weighted by Crippen LogP contribution is -2.36. The first-order chi connectivity index (χ1) is 9.62. The van der Waals surface area contributed by atoms with Crippen molar-refractivity contribution in [1.29, 1.82) is 0 Å². The van der Waals surface area contributed by atoms with E-state index in [1.165, 1.54) is 0 Å². The van der Waals surface area contributed by atoms with Crippen LogP contribution in [0.1, 0.15) is 42.4 Å². The minimum absolute atomic E-state index is 0.0934. The molecule has 0 unspecified atom stereocenters. The molecule has 1 aromatic rings. The summed E-state index contributed by atoms with van der Waals surface area (Å²) in [5.41, 5.74) is 0.542. The summed E-state index contributed by atoms with van der Waals surface area (Å²) in [6.07, 6.45) is 0.0934. The third kappa shape index (κ3) is 4.86. The summed E-state index contributed by atoms with van der Waals surface area (Å²) < 4.78 is 0. The molecule has 0 fully saturated rings. The van der Waals surface area contributed by atoms with Crippen LogP contribution in [0.5, 0.6) is 0 Å². The first kappa shape index (κ1) is 17.2. The number of carboxylic acid groups (broad SMARTS) is 1. The fourth-order valence-electron chi connectivity index (χ4n) is 1.51. The zero-order valence-corrected chi connectivity index (χ0v) is 13.4. The quantitative estimate of drug-likeness (QED) is 0.777. The van der Waals surface area contributed by atoms with Crippen molar-refractivity contribution in [2.75, 3.05) is 11.9 Å². The fourth-order valence-corrected chi connectivity index (χ4v) is 2.36. The number of carbonyl (C=O) groups excluding carboxylic acids is 2. The van der Waals surface area contributed by atoms with Gasteiger partial charge in [-0.3, -0.25) is 9.59 Å². The molecular formula is C14H20N2O4S. The van der Waals surface area contributed by atoms with Gasteiger partial charge in [-0.05, 0) is 17.9 Å². The molecule has 0 saturated carbocycles. The van der Waals surface area contributed by atoms with Gasteiger partial charge in [0.1, 0.15) is 4.88 Å². The molecule has 0 radical (unpaired) electrons. The van der Waals surface area contributed by atoms with Gasteiger partial charge in [0.25, 0.3) is 0 Å². The lowest BCUT2D eigenvalue weighted by Gasteiger charge is -2.17. The maximum atomic E-state index is 11.8. The highest BCUT2D eigenvalue weighted by molar-refractivity contribution is 7.12. The van der Waals surface area contributed by atoms with E-state index in [1.807, 2.05) is 0 Å². The number of aryl methyl sites for hydroxylation is 1. The monoisotopic (exact) mass is 312 g/mol. The van der Waals surface area contributed by atoms with Crippen molar-refractivity contribution in [1.82, 2.24) is 5.32 Å². The second-order valence-corrected chi connectivity index (χ2v) is 6.61. The standard InChI is InChI=1S/C14H20N2O4S/c1-8-7-21-11(12(18)19)10(8)16-9(17)5-6-15-13(20)14(2,3)4/h7H,5-6H2,1-4H3,(H,15,20)(H,16,17)(H,18,19). The Morgan fingerprint density at radius 1 is 1.29 bits per heavy atom. The van der Waals surface area contributed by atoms with Crippen LogP contribution in [-0.4, -0.2) is 29.4 Å². The molecule has 0 aliphatic carbocycles. The van der Waals surface area contributed by atoms with E-state index in [4.69, 9.17) is 5.11 Å². The Morgan fingerprint density at radius 3 is 2.43 bits per heavy atom. The predicted molar refractivity (Wildman–Crippen MR) is 81.7 cm³/mol. The largest absolute Gasteiger partial charge is 0.477 e. The van der Waals surface area contributed by atoms with Gasteiger partial charge in [-0.15, -0.1) is 11.3 Å². The third-order valence-corrected chi connectivity index (χ3v) is 3.84. The van der Waals surface area contributed by atoms with E-state index in [2.05, 4.69) is 10.6 Å². The van der Waals surface area contributed by atoms with Gasteiger partial charge >= 0.3 is 5.97 Å². The second kappa shape index (κ2) is 6.71. The minimum atomic E-state index is -1.07. The Morgan fingerprint density at radius 2 is 1.90 bits per heavy atom. The Balaban J connectivity index is 2.54. The highest BCUT2D eigenvalue weighted by atomic mass is 32.1. The van der Waals surface area contributed by atoms with Gasteiger partial charge in [0.15, 0.2) is 0 Å². The molecule has 0 bridgehead atoms. The number of hydrogen-bond donors (Lipinski definition) is 3. The van der Waals surface area contributed by atoms with E-state index in [-0.39, 0.29) is 29.7 Å². The summed E-state index contributed by atoms with van der Waals surface area (Å²) in [5, 5.41) is 16.0. The van der Waals surface area contributed by atoms with Gasteiger partial charge in [0.05, 0.1) is 5.69 Å². The molecule has 0 aromatic carbocycles. The average molecular weight is 312 g/mol. The van der Waals surface area contributed by atoms with Crippen molar-refractivity contribution in [3.63, 3.8) is 0 Å². The van der Waals surface area contributed by atoms with E-state index in [1.54, 1.807) is 33.1 Å². The molecule has 0 aliphatic heterocycles. The van der Waals surface area contributed by atoms with Crippen LogP contribution in [0.15, 0.2) is 5.38 Å². The van der Waals surface area contributed by atoms with E-state index in [0.29, 0.717) is 11.3 Å². The van der Waals surface area contributed by atoms with Crippen molar-refractivity contribution in [3.05, 3.63) is 15.8 Å². The van der Waals surface area contributed by atoms with Crippen LogP contribution < -0.4 is 10.6 Å². The first-order valence-corrected chi connectivity index (χ1v) is 7.40. The Hall–Kier alpha value is -1.89. The van der Waals surface area contributed by atoms with Crippen LogP contribution in [0.3, 0.4) is 0 Å². The minimum Gasteiger partial charge on any atom is -0.477 e.